The lowest BCUT2D eigenvalue weighted by atomic mass is 10.1. The van der Waals surface area contributed by atoms with Gasteiger partial charge in [0.1, 0.15) is 5.82 Å². The Kier molecular flexibility index (Phi) is 2.74. The SMILES string of the molecule is CC(c1cccc(F)c1)n1c(=O)[nH][nH]c1=S. The van der Waals surface area contributed by atoms with E-state index >= 15 is 0 Å². The van der Waals surface area contributed by atoms with Crippen LogP contribution in [0.2, 0.25) is 0 Å². The Morgan fingerprint density at radius 2 is 2.19 bits per heavy atom. The fourth-order valence-electron chi connectivity index (χ4n) is 1.59. The second kappa shape index (κ2) is 4.05. The molecule has 2 aromatic rings. The van der Waals surface area contributed by atoms with Gasteiger partial charge in [-0.15, -0.1) is 0 Å². The van der Waals surface area contributed by atoms with Gasteiger partial charge >= 0.3 is 5.69 Å². The zero-order chi connectivity index (χ0) is 11.7. The molecule has 0 spiro atoms. The van der Waals surface area contributed by atoms with Gasteiger partial charge in [-0.1, -0.05) is 12.1 Å². The van der Waals surface area contributed by atoms with Crippen molar-refractivity contribution in [2.45, 2.75) is 13.0 Å². The maximum Gasteiger partial charge on any atom is 0.342 e. The molecular formula is C10H10FN3OS. The topological polar surface area (TPSA) is 53.6 Å². The number of rotatable bonds is 2. The Morgan fingerprint density at radius 1 is 1.44 bits per heavy atom. The molecule has 84 valence electrons. The Labute approximate surface area is 95.7 Å². The predicted molar refractivity (Wildman–Crippen MR) is 60.5 cm³/mol. The van der Waals surface area contributed by atoms with E-state index in [0.29, 0.717) is 10.3 Å². The maximum atomic E-state index is 13.0. The van der Waals surface area contributed by atoms with Gasteiger partial charge < -0.3 is 0 Å². The molecule has 2 N–H and O–H groups in total. The fraction of sp³-hybridized carbons (Fsp3) is 0.200. The molecule has 0 radical (unpaired) electrons. The highest BCUT2D eigenvalue weighted by Crippen LogP contribution is 2.16. The summed E-state index contributed by atoms with van der Waals surface area (Å²) >= 11 is 4.96. The monoisotopic (exact) mass is 239 g/mol. The molecule has 2 rings (SSSR count). The van der Waals surface area contributed by atoms with Crippen molar-refractivity contribution < 1.29 is 4.39 Å². The molecule has 4 nitrogen and oxygen atoms in total. The van der Waals surface area contributed by atoms with E-state index in [9.17, 15) is 9.18 Å². The summed E-state index contributed by atoms with van der Waals surface area (Å²) in [6.07, 6.45) is 0. The van der Waals surface area contributed by atoms with Crippen LogP contribution in [0.3, 0.4) is 0 Å². The van der Waals surface area contributed by atoms with Crippen LogP contribution in [0.1, 0.15) is 18.5 Å². The van der Waals surface area contributed by atoms with Crippen molar-refractivity contribution >= 4 is 12.2 Å². The van der Waals surface area contributed by atoms with Gasteiger partial charge in [-0.05, 0) is 36.8 Å². The smallest absolute Gasteiger partial charge is 0.272 e. The van der Waals surface area contributed by atoms with Crippen molar-refractivity contribution in [2.75, 3.05) is 0 Å². The van der Waals surface area contributed by atoms with Crippen molar-refractivity contribution in [1.82, 2.24) is 14.8 Å². The summed E-state index contributed by atoms with van der Waals surface area (Å²) in [5, 5.41) is 4.94. The number of aromatic nitrogens is 3. The van der Waals surface area contributed by atoms with E-state index in [2.05, 4.69) is 10.2 Å². The van der Waals surface area contributed by atoms with Crippen LogP contribution in [0.4, 0.5) is 4.39 Å². The number of aromatic amines is 2. The van der Waals surface area contributed by atoms with Gasteiger partial charge in [0.2, 0.25) is 0 Å². The Balaban J connectivity index is 2.51. The lowest BCUT2D eigenvalue weighted by Gasteiger charge is -2.11. The van der Waals surface area contributed by atoms with Crippen LogP contribution in [0.5, 0.6) is 0 Å². The van der Waals surface area contributed by atoms with E-state index in [1.165, 1.54) is 16.7 Å². The van der Waals surface area contributed by atoms with Gasteiger partial charge in [0.25, 0.3) is 0 Å². The summed E-state index contributed by atoms with van der Waals surface area (Å²) in [6.45, 7) is 1.79. The molecular weight excluding hydrogens is 229 g/mol. The summed E-state index contributed by atoms with van der Waals surface area (Å²) in [4.78, 5) is 11.5. The summed E-state index contributed by atoms with van der Waals surface area (Å²) in [5.41, 5.74) is 0.364. The largest absolute Gasteiger partial charge is 0.342 e. The first-order valence-corrected chi connectivity index (χ1v) is 5.15. The third kappa shape index (κ3) is 1.83. The maximum absolute atomic E-state index is 13.0. The summed E-state index contributed by atoms with van der Waals surface area (Å²) in [7, 11) is 0. The van der Waals surface area contributed by atoms with E-state index in [0.717, 1.165) is 0 Å². The summed E-state index contributed by atoms with van der Waals surface area (Å²) in [6, 6.07) is 5.79. The number of benzene rings is 1. The van der Waals surface area contributed by atoms with E-state index in [1.807, 2.05) is 0 Å². The third-order valence-electron chi connectivity index (χ3n) is 2.43. The van der Waals surface area contributed by atoms with Crippen LogP contribution in [0, 0.1) is 10.6 Å². The van der Waals surface area contributed by atoms with E-state index in [1.54, 1.807) is 19.1 Å². The van der Waals surface area contributed by atoms with Gasteiger partial charge in [0.05, 0.1) is 6.04 Å². The second-order valence-electron chi connectivity index (χ2n) is 3.46. The minimum absolute atomic E-state index is 0.293. The van der Waals surface area contributed by atoms with Gasteiger partial charge in [-0.2, -0.15) is 0 Å². The first kappa shape index (κ1) is 10.8. The molecule has 0 fully saturated rings. The number of hydrogen-bond acceptors (Lipinski definition) is 2. The Bertz CT molecular complexity index is 585. The molecule has 0 aliphatic heterocycles. The molecule has 1 heterocycles. The molecule has 1 aromatic heterocycles. The zero-order valence-electron chi connectivity index (χ0n) is 8.53. The van der Waals surface area contributed by atoms with Crippen molar-refractivity contribution in [2.24, 2.45) is 0 Å². The van der Waals surface area contributed by atoms with Gasteiger partial charge in [0, 0.05) is 0 Å². The van der Waals surface area contributed by atoms with E-state index < -0.39 is 0 Å². The second-order valence-corrected chi connectivity index (χ2v) is 3.85. The standard InChI is InChI=1S/C10H10FN3OS/c1-6(7-3-2-4-8(11)5-7)14-9(15)12-13-10(14)16/h2-6H,1H3,(H,12,15)(H,13,16). The normalized spacial score (nSPS) is 12.6. The predicted octanol–water partition coefficient (Wildman–Crippen LogP) is 1.98. The number of hydrogen-bond donors (Lipinski definition) is 2. The highest BCUT2D eigenvalue weighted by atomic mass is 32.1. The molecule has 1 unspecified atom stereocenters. The molecule has 0 amide bonds. The first-order valence-electron chi connectivity index (χ1n) is 4.74. The molecule has 1 aromatic carbocycles. The minimum atomic E-state index is -0.332. The molecule has 1 atom stereocenters. The zero-order valence-corrected chi connectivity index (χ0v) is 9.34. The van der Waals surface area contributed by atoms with E-state index in [4.69, 9.17) is 12.2 Å². The molecule has 0 bridgehead atoms. The quantitative estimate of drug-likeness (QED) is 0.787. The van der Waals surface area contributed by atoms with Crippen molar-refractivity contribution in [3.8, 4) is 0 Å². The molecule has 0 aliphatic carbocycles. The van der Waals surface area contributed by atoms with E-state index in [-0.39, 0.29) is 17.5 Å². The van der Waals surface area contributed by atoms with Crippen LogP contribution in [-0.4, -0.2) is 14.8 Å². The van der Waals surface area contributed by atoms with Crippen molar-refractivity contribution in [3.05, 3.63) is 50.9 Å². The molecule has 6 heteroatoms. The van der Waals surface area contributed by atoms with Crippen molar-refractivity contribution in [3.63, 3.8) is 0 Å². The van der Waals surface area contributed by atoms with Crippen LogP contribution >= 0.6 is 12.2 Å². The van der Waals surface area contributed by atoms with Gasteiger partial charge in [-0.25, -0.2) is 14.3 Å². The minimum Gasteiger partial charge on any atom is -0.272 e. The van der Waals surface area contributed by atoms with Gasteiger partial charge in [-0.3, -0.25) is 9.67 Å². The van der Waals surface area contributed by atoms with Crippen LogP contribution in [0.25, 0.3) is 0 Å². The molecule has 16 heavy (non-hydrogen) atoms. The van der Waals surface area contributed by atoms with Crippen LogP contribution in [0.15, 0.2) is 29.1 Å². The number of halogens is 1. The molecule has 0 saturated carbocycles. The fourth-order valence-corrected chi connectivity index (χ4v) is 1.88. The summed E-state index contributed by atoms with van der Waals surface area (Å²) in [5.74, 6) is -0.331. The van der Waals surface area contributed by atoms with Gasteiger partial charge in [0.15, 0.2) is 4.77 Å². The lowest BCUT2D eigenvalue weighted by Crippen LogP contribution is -2.21. The molecule has 0 aliphatic rings. The van der Waals surface area contributed by atoms with Crippen LogP contribution < -0.4 is 5.69 Å². The average Bonchev–Trinajstić information content (AvgIpc) is 2.58. The number of H-pyrrole nitrogens is 2. The Morgan fingerprint density at radius 3 is 2.75 bits per heavy atom. The highest BCUT2D eigenvalue weighted by Gasteiger charge is 2.12. The number of nitrogens with one attached hydrogen (secondary N) is 2. The van der Waals surface area contributed by atoms with Crippen molar-refractivity contribution in [1.29, 1.82) is 0 Å². The lowest BCUT2D eigenvalue weighted by molar-refractivity contribution is 0.589. The average molecular weight is 239 g/mol. The van der Waals surface area contributed by atoms with Crippen LogP contribution in [-0.2, 0) is 0 Å². The first-order chi connectivity index (χ1) is 7.59. The highest BCUT2D eigenvalue weighted by molar-refractivity contribution is 7.71. The molecule has 0 saturated heterocycles. The third-order valence-corrected chi connectivity index (χ3v) is 2.73. The summed E-state index contributed by atoms with van der Waals surface area (Å²) < 4.78 is 14.7. The number of nitrogens with zero attached hydrogens (tertiary/aromatic N) is 1. The Hall–Kier alpha value is -1.69.